The van der Waals surface area contributed by atoms with Gasteiger partial charge in [-0.1, -0.05) is 35.5 Å². The van der Waals surface area contributed by atoms with Crippen molar-refractivity contribution >= 4 is 0 Å². The number of aromatic nitrogens is 3. The third-order valence-electron chi connectivity index (χ3n) is 2.18. The summed E-state index contributed by atoms with van der Waals surface area (Å²) >= 11 is 0. The quantitative estimate of drug-likeness (QED) is 0.447. The predicted octanol–water partition coefficient (Wildman–Crippen LogP) is 2.64. The van der Waals surface area contributed by atoms with Crippen molar-refractivity contribution in [2.45, 2.75) is 13.0 Å². The molecule has 16 heavy (non-hydrogen) atoms. The molecule has 1 unspecified atom stereocenters. The van der Waals surface area contributed by atoms with E-state index in [1.165, 1.54) is 0 Å². The average molecular weight is 214 g/mol. The van der Waals surface area contributed by atoms with Gasteiger partial charge in [0.05, 0.1) is 23.6 Å². The minimum Gasteiger partial charge on any atom is -0.220 e. The molecule has 6 heteroatoms. The summed E-state index contributed by atoms with van der Waals surface area (Å²) in [5.74, 6) is 0. The molecule has 0 saturated heterocycles. The van der Waals surface area contributed by atoms with E-state index in [2.05, 4.69) is 20.3 Å². The number of hydrogen-bond donors (Lipinski definition) is 0. The van der Waals surface area contributed by atoms with Gasteiger partial charge in [-0.25, -0.2) is 4.68 Å². The molecule has 0 aliphatic carbocycles. The molecule has 80 valence electrons. The van der Waals surface area contributed by atoms with E-state index in [9.17, 15) is 0 Å². The molecular weight excluding hydrogens is 204 g/mol. The van der Waals surface area contributed by atoms with Crippen LogP contribution in [0.5, 0.6) is 0 Å². The van der Waals surface area contributed by atoms with Gasteiger partial charge in [0.15, 0.2) is 0 Å². The number of hydrogen-bond acceptors (Lipinski definition) is 3. The van der Waals surface area contributed by atoms with Crippen LogP contribution in [0.3, 0.4) is 0 Å². The van der Waals surface area contributed by atoms with Crippen molar-refractivity contribution in [1.29, 1.82) is 0 Å². The van der Waals surface area contributed by atoms with E-state index in [4.69, 9.17) is 5.53 Å². The summed E-state index contributed by atoms with van der Waals surface area (Å²) in [6.07, 6.45) is 1.76. The third-order valence-corrected chi connectivity index (χ3v) is 2.18. The van der Waals surface area contributed by atoms with Crippen LogP contribution < -0.4 is 0 Å². The molecule has 1 atom stereocenters. The van der Waals surface area contributed by atoms with Crippen molar-refractivity contribution in [2.75, 3.05) is 0 Å². The zero-order chi connectivity index (χ0) is 11.4. The zero-order valence-electron chi connectivity index (χ0n) is 8.72. The zero-order valence-corrected chi connectivity index (χ0v) is 8.72. The van der Waals surface area contributed by atoms with E-state index in [1.807, 2.05) is 30.3 Å². The lowest BCUT2D eigenvalue weighted by Gasteiger charge is -1.98. The highest BCUT2D eigenvalue weighted by atomic mass is 15.4. The van der Waals surface area contributed by atoms with E-state index in [0.717, 1.165) is 5.69 Å². The van der Waals surface area contributed by atoms with Crippen LogP contribution >= 0.6 is 0 Å². The van der Waals surface area contributed by atoms with Crippen LogP contribution in [0.4, 0.5) is 0 Å². The van der Waals surface area contributed by atoms with Crippen LogP contribution in [-0.2, 0) is 0 Å². The number of azide groups is 1. The van der Waals surface area contributed by atoms with Gasteiger partial charge in [0, 0.05) is 4.91 Å². The Labute approximate surface area is 92.1 Å². The van der Waals surface area contributed by atoms with Crippen LogP contribution in [-0.4, -0.2) is 15.0 Å². The van der Waals surface area contributed by atoms with E-state index in [0.29, 0.717) is 5.69 Å². The summed E-state index contributed by atoms with van der Waals surface area (Å²) in [5.41, 5.74) is 9.90. The maximum Gasteiger partial charge on any atom is 0.0918 e. The monoisotopic (exact) mass is 214 g/mol. The molecule has 1 aromatic heterocycles. The second-order valence-electron chi connectivity index (χ2n) is 3.30. The smallest absolute Gasteiger partial charge is 0.0918 e. The normalized spacial score (nSPS) is 11.8. The predicted molar refractivity (Wildman–Crippen MR) is 58.9 cm³/mol. The second kappa shape index (κ2) is 4.46. The number of rotatable bonds is 3. The minimum atomic E-state index is -0.303. The largest absolute Gasteiger partial charge is 0.220 e. The molecule has 6 nitrogen and oxygen atoms in total. The Balaban J connectivity index is 2.30. The van der Waals surface area contributed by atoms with Gasteiger partial charge in [-0.05, 0) is 17.7 Å². The van der Waals surface area contributed by atoms with E-state index in [-0.39, 0.29) is 6.04 Å². The lowest BCUT2D eigenvalue weighted by molar-refractivity contribution is 0.751. The Kier molecular flexibility index (Phi) is 2.84. The third kappa shape index (κ3) is 2.02. The highest BCUT2D eigenvalue weighted by molar-refractivity contribution is 5.30. The summed E-state index contributed by atoms with van der Waals surface area (Å²) in [6.45, 7) is 1.78. The molecule has 0 radical (unpaired) electrons. The highest BCUT2D eigenvalue weighted by Gasteiger charge is 2.08. The lowest BCUT2D eigenvalue weighted by Crippen LogP contribution is -1.93. The van der Waals surface area contributed by atoms with Gasteiger partial charge in [0.2, 0.25) is 0 Å². The van der Waals surface area contributed by atoms with Gasteiger partial charge in [0.25, 0.3) is 0 Å². The molecule has 1 aromatic carbocycles. The molecule has 0 aliphatic heterocycles. The SMILES string of the molecule is CC(N=[N+]=[N-])c1cn(-c2ccccc2)nn1. The molecule has 0 spiro atoms. The minimum absolute atomic E-state index is 0.303. The van der Waals surface area contributed by atoms with Gasteiger partial charge in [-0.15, -0.1) is 5.10 Å². The van der Waals surface area contributed by atoms with Gasteiger partial charge in [-0.3, -0.25) is 0 Å². The summed E-state index contributed by atoms with van der Waals surface area (Å²) in [7, 11) is 0. The fourth-order valence-corrected chi connectivity index (χ4v) is 1.31. The molecule has 0 amide bonds. The summed E-state index contributed by atoms with van der Waals surface area (Å²) < 4.78 is 1.65. The van der Waals surface area contributed by atoms with E-state index >= 15 is 0 Å². The molecule has 1 heterocycles. The Morgan fingerprint density at radius 2 is 2.12 bits per heavy atom. The van der Waals surface area contributed by atoms with Crippen molar-refractivity contribution in [1.82, 2.24) is 15.0 Å². The molecule has 0 aliphatic rings. The first kappa shape index (κ1) is 10.2. The first-order valence-corrected chi connectivity index (χ1v) is 4.83. The van der Waals surface area contributed by atoms with Crippen LogP contribution in [0.25, 0.3) is 16.1 Å². The highest BCUT2D eigenvalue weighted by Crippen LogP contribution is 2.14. The molecule has 0 bridgehead atoms. The van der Waals surface area contributed by atoms with Crippen LogP contribution in [0, 0.1) is 0 Å². The number of para-hydroxylation sites is 1. The fourth-order valence-electron chi connectivity index (χ4n) is 1.31. The van der Waals surface area contributed by atoms with Crippen LogP contribution in [0.15, 0.2) is 41.6 Å². The maximum absolute atomic E-state index is 8.33. The van der Waals surface area contributed by atoms with Gasteiger partial charge < -0.3 is 0 Å². The van der Waals surface area contributed by atoms with Gasteiger partial charge in [-0.2, -0.15) is 0 Å². The lowest BCUT2D eigenvalue weighted by atomic mass is 10.3. The second-order valence-corrected chi connectivity index (χ2v) is 3.30. The average Bonchev–Trinajstić information content (AvgIpc) is 2.80. The molecule has 0 fully saturated rings. The summed E-state index contributed by atoms with van der Waals surface area (Å²) in [4.78, 5) is 2.74. The molecular formula is C10H10N6. The summed E-state index contributed by atoms with van der Waals surface area (Å²) in [5, 5.41) is 11.5. The summed E-state index contributed by atoms with van der Waals surface area (Å²) in [6, 6.07) is 9.33. The van der Waals surface area contributed by atoms with Crippen molar-refractivity contribution in [3.8, 4) is 5.69 Å². The Morgan fingerprint density at radius 3 is 2.81 bits per heavy atom. The topological polar surface area (TPSA) is 79.5 Å². The Hall–Kier alpha value is -2.33. The molecule has 0 saturated carbocycles. The van der Waals surface area contributed by atoms with Crippen molar-refractivity contribution < 1.29 is 0 Å². The van der Waals surface area contributed by atoms with Crippen molar-refractivity contribution in [2.24, 2.45) is 5.11 Å². The molecule has 0 N–H and O–H groups in total. The number of benzene rings is 1. The van der Waals surface area contributed by atoms with Crippen LogP contribution in [0.1, 0.15) is 18.7 Å². The van der Waals surface area contributed by atoms with Crippen molar-refractivity contribution in [3.05, 3.63) is 52.7 Å². The van der Waals surface area contributed by atoms with Gasteiger partial charge >= 0.3 is 0 Å². The van der Waals surface area contributed by atoms with Gasteiger partial charge in [0.1, 0.15) is 0 Å². The number of nitrogens with zero attached hydrogens (tertiary/aromatic N) is 6. The van der Waals surface area contributed by atoms with E-state index in [1.54, 1.807) is 17.8 Å². The Bertz CT molecular complexity index is 511. The van der Waals surface area contributed by atoms with Crippen molar-refractivity contribution in [3.63, 3.8) is 0 Å². The first-order chi connectivity index (χ1) is 7.81. The fraction of sp³-hybridized carbons (Fsp3) is 0.200. The standard InChI is InChI=1S/C10H10N6/c1-8(12-14-11)10-7-16(15-13-10)9-5-3-2-4-6-9/h2-8H,1H3. The molecule has 2 aromatic rings. The maximum atomic E-state index is 8.33. The molecule has 2 rings (SSSR count). The van der Waals surface area contributed by atoms with E-state index < -0.39 is 0 Å². The Morgan fingerprint density at radius 1 is 1.38 bits per heavy atom. The van der Waals surface area contributed by atoms with Crippen LogP contribution in [0.2, 0.25) is 0 Å². The first-order valence-electron chi connectivity index (χ1n) is 4.83.